The average Bonchev–Trinajstić information content (AvgIpc) is 2.54. The zero-order chi connectivity index (χ0) is 17.7. The SMILES string of the molecule is CCOC(=O)c1cc(NC(=O)C2CCCCN2)cc(S(C)(=O)=O)c1.Cl. The smallest absolute Gasteiger partial charge is 0.338 e. The van der Waals surface area contributed by atoms with Crippen molar-refractivity contribution in [2.75, 3.05) is 24.7 Å². The first kappa shape index (κ1) is 21.4. The number of ether oxygens (including phenoxy) is 1. The number of piperidine rings is 1. The average molecular weight is 391 g/mol. The maximum absolute atomic E-state index is 12.3. The Kier molecular flexibility index (Phi) is 7.85. The number of benzene rings is 1. The summed E-state index contributed by atoms with van der Waals surface area (Å²) in [5.74, 6) is -0.871. The molecule has 1 heterocycles. The number of rotatable bonds is 5. The molecule has 0 bridgehead atoms. The second-order valence-corrected chi connectivity index (χ2v) is 7.75. The van der Waals surface area contributed by atoms with E-state index in [1.54, 1.807) is 6.92 Å². The topological polar surface area (TPSA) is 102 Å². The Bertz CT molecular complexity index is 730. The van der Waals surface area contributed by atoms with Gasteiger partial charge in [-0.25, -0.2) is 13.2 Å². The fraction of sp³-hybridized carbons (Fsp3) is 0.500. The van der Waals surface area contributed by atoms with Crippen LogP contribution in [0.5, 0.6) is 0 Å². The summed E-state index contributed by atoms with van der Waals surface area (Å²) in [6.45, 7) is 2.61. The van der Waals surface area contributed by atoms with Crippen molar-refractivity contribution >= 4 is 39.8 Å². The number of esters is 1. The minimum absolute atomic E-state index is 0. The molecule has 2 rings (SSSR count). The minimum atomic E-state index is -3.53. The molecular weight excluding hydrogens is 368 g/mol. The van der Waals surface area contributed by atoms with Gasteiger partial charge in [0.1, 0.15) is 0 Å². The van der Waals surface area contributed by atoms with Gasteiger partial charge >= 0.3 is 5.97 Å². The van der Waals surface area contributed by atoms with E-state index in [0.717, 1.165) is 32.1 Å². The van der Waals surface area contributed by atoms with Gasteiger partial charge in [0.2, 0.25) is 5.91 Å². The van der Waals surface area contributed by atoms with Gasteiger partial charge in [0.15, 0.2) is 9.84 Å². The molecule has 7 nitrogen and oxygen atoms in total. The molecule has 1 atom stereocenters. The number of nitrogens with one attached hydrogen (secondary N) is 2. The molecule has 1 aromatic rings. The molecule has 0 aromatic heterocycles. The lowest BCUT2D eigenvalue weighted by Crippen LogP contribution is -2.43. The van der Waals surface area contributed by atoms with Crippen molar-refractivity contribution in [3.05, 3.63) is 23.8 Å². The highest BCUT2D eigenvalue weighted by molar-refractivity contribution is 7.90. The van der Waals surface area contributed by atoms with Crippen molar-refractivity contribution < 1.29 is 22.7 Å². The summed E-state index contributed by atoms with van der Waals surface area (Å²) < 4.78 is 28.6. The zero-order valence-corrected chi connectivity index (χ0v) is 15.8. The van der Waals surface area contributed by atoms with Gasteiger partial charge in [-0.1, -0.05) is 6.42 Å². The fourth-order valence-corrected chi connectivity index (χ4v) is 3.20. The number of amides is 1. The summed E-state index contributed by atoms with van der Waals surface area (Å²) in [6.07, 6.45) is 3.76. The van der Waals surface area contributed by atoms with Crippen LogP contribution in [-0.2, 0) is 19.4 Å². The van der Waals surface area contributed by atoms with Crippen molar-refractivity contribution in [1.29, 1.82) is 0 Å². The highest BCUT2D eigenvalue weighted by atomic mass is 35.5. The third-order valence-electron chi connectivity index (χ3n) is 3.74. The molecule has 0 radical (unpaired) electrons. The summed E-state index contributed by atoms with van der Waals surface area (Å²) in [7, 11) is -3.53. The summed E-state index contributed by atoms with van der Waals surface area (Å²) in [5, 5.41) is 5.81. The van der Waals surface area contributed by atoms with Gasteiger partial charge in [0.25, 0.3) is 0 Å². The van der Waals surface area contributed by atoms with Crippen LogP contribution in [0.3, 0.4) is 0 Å². The molecule has 0 saturated carbocycles. The first-order valence-electron chi connectivity index (χ1n) is 7.88. The van der Waals surface area contributed by atoms with Crippen LogP contribution < -0.4 is 10.6 Å². The molecule has 140 valence electrons. The minimum Gasteiger partial charge on any atom is -0.462 e. The Morgan fingerprint density at radius 3 is 2.56 bits per heavy atom. The van der Waals surface area contributed by atoms with Crippen LogP contribution >= 0.6 is 12.4 Å². The van der Waals surface area contributed by atoms with Gasteiger partial charge in [-0.15, -0.1) is 12.4 Å². The third kappa shape index (κ3) is 5.98. The van der Waals surface area contributed by atoms with Crippen LogP contribution in [0.4, 0.5) is 5.69 Å². The quantitative estimate of drug-likeness (QED) is 0.743. The lowest BCUT2D eigenvalue weighted by Gasteiger charge is -2.22. The van der Waals surface area contributed by atoms with E-state index in [9.17, 15) is 18.0 Å². The Labute approximate surface area is 153 Å². The number of halogens is 1. The van der Waals surface area contributed by atoms with E-state index in [-0.39, 0.29) is 47.1 Å². The molecule has 1 amide bonds. The van der Waals surface area contributed by atoms with E-state index in [1.807, 2.05) is 0 Å². The number of anilines is 1. The van der Waals surface area contributed by atoms with Crippen LogP contribution in [0.2, 0.25) is 0 Å². The molecule has 9 heteroatoms. The van der Waals surface area contributed by atoms with E-state index >= 15 is 0 Å². The fourth-order valence-electron chi connectivity index (χ4n) is 2.52. The van der Waals surface area contributed by atoms with Gasteiger partial charge in [0.05, 0.1) is 23.1 Å². The van der Waals surface area contributed by atoms with Crippen molar-refractivity contribution in [2.24, 2.45) is 0 Å². The Hall–Kier alpha value is -1.64. The lowest BCUT2D eigenvalue weighted by molar-refractivity contribution is -0.118. The summed E-state index contributed by atoms with van der Waals surface area (Å²) in [6, 6.07) is 3.71. The highest BCUT2D eigenvalue weighted by Crippen LogP contribution is 2.21. The number of carbonyl (C=O) groups is 2. The Balaban J connectivity index is 0.00000312. The number of sulfone groups is 1. The van der Waals surface area contributed by atoms with E-state index < -0.39 is 15.8 Å². The first-order chi connectivity index (χ1) is 11.3. The van der Waals surface area contributed by atoms with Crippen molar-refractivity contribution in [3.8, 4) is 0 Å². The largest absolute Gasteiger partial charge is 0.462 e. The molecule has 0 spiro atoms. The summed E-state index contributed by atoms with van der Waals surface area (Å²) in [4.78, 5) is 24.2. The summed E-state index contributed by atoms with van der Waals surface area (Å²) >= 11 is 0. The number of carbonyl (C=O) groups excluding carboxylic acids is 2. The third-order valence-corrected chi connectivity index (χ3v) is 4.83. The molecule has 1 aliphatic rings. The van der Waals surface area contributed by atoms with Crippen LogP contribution in [0, 0.1) is 0 Å². The van der Waals surface area contributed by atoms with E-state index in [0.29, 0.717) is 0 Å². The predicted octanol–water partition coefficient (Wildman–Crippen LogP) is 1.77. The lowest BCUT2D eigenvalue weighted by atomic mass is 10.0. The maximum atomic E-state index is 12.3. The zero-order valence-electron chi connectivity index (χ0n) is 14.2. The molecule has 1 aliphatic heterocycles. The van der Waals surface area contributed by atoms with Gasteiger partial charge in [-0.3, -0.25) is 4.79 Å². The van der Waals surface area contributed by atoms with Gasteiger partial charge < -0.3 is 15.4 Å². The van der Waals surface area contributed by atoms with E-state index in [1.165, 1.54) is 18.2 Å². The normalized spacial score (nSPS) is 17.3. The van der Waals surface area contributed by atoms with Crippen LogP contribution in [-0.4, -0.2) is 45.7 Å². The molecule has 25 heavy (non-hydrogen) atoms. The van der Waals surface area contributed by atoms with Gasteiger partial charge in [0, 0.05) is 11.9 Å². The number of hydrogen-bond donors (Lipinski definition) is 2. The van der Waals surface area contributed by atoms with E-state index in [2.05, 4.69) is 10.6 Å². The van der Waals surface area contributed by atoms with Crippen molar-refractivity contribution in [1.82, 2.24) is 5.32 Å². The summed E-state index contributed by atoms with van der Waals surface area (Å²) in [5.41, 5.74) is 0.352. The molecule has 1 fully saturated rings. The maximum Gasteiger partial charge on any atom is 0.338 e. The first-order valence-corrected chi connectivity index (χ1v) is 9.77. The van der Waals surface area contributed by atoms with Gasteiger partial charge in [-0.2, -0.15) is 0 Å². The van der Waals surface area contributed by atoms with Crippen molar-refractivity contribution in [2.45, 2.75) is 37.1 Å². The molecule has 1 unspecified atom stereocenters. The van der Waals surface area contributed by atoms with Crippen LogP contribution in [0.25, 0.3) is 0 Å². The highest BCUT2D eigenvalue weighted by Gasteiger charge is 2.22. The Morgan fingerprint density at radius 2 is 2.00 bits per heavy atom. The molecule has 1 saturated heterocycles. The standard InChI is InChI=1S/C16H22N2O5S.ClH/c1-3-23-16(20)11-8-12(10-13(9-11)24(2,21)22)18-15(19)14-6-4-5-7-17-14;/h8-10,14,17H,3-7H2,1-2H3,(H,18,19);1H. The van der Waals surface area contributed by atoms with E-state index in [4.69, 9.17) is 4.74 Å². The second-order valence-electron chi connectivity index (χ2n) is 5.73. The molecular formula is C16H23ClN2O5S. The van der Waals surface area contributed by atoms with Crippen LogP contribution in [0.1, 0.15) is 36.5 Å². The van der Waals surface area contributed by atoms with Crippen molar-refractivity contribution in [3.63, 3.8) is 0 Å². The monoisotopic (exact) mass is 390 g/mol. The van der Waals surface area contributed by atoms with Gasteiger partial charge in [-0.05, 0) is 44.5 Å². The molecule has 2 N–H and O–H groups in total. The van der Waals surface area contributed by atoms with Crippen LogP contribution in [0.15, 0.2) is 23.1 Å². The Morgan fingerprint density at radius 1 is 1.28 bits per heavy atom. The number of hydrogen-bond acceptors (Lipinski definition) is 6. The predicted molar refractivity (Wildman–Crippen MR) is 97.0 cm³/mol. The molecule has 0 aliphatic carbocycles. The molecule has 1 aromatic carbocycles. The second kappa shape index (κ2) is 9.17.